The van der Waals surface area contributed by atoms with Gasteiger partial charge in [-0.25, -0.2) is 0 Å². The van der Waals surface area contributed by atoms with E-state index in [1.807, 2.05) is 0 Å². The second-order valence-corrected chi connectivity index (χ2v) is 4.40. The first-order valence-corrected chi connectivity index (χ1v) is 6.42. The Morgan fingerprint density at radius 1 is 1.38 bits per heavy atom. The second-order valence-electron chi connectivity index (χ2n) is 4.40. The van der Waals surface area contributed by atoms with E-state index in [4.69, 9.17) is 5.11 Å². The van der Waals surface area contributed by atoms with E-state index in [1.54, 1.807) is 4.90 Å². The zero-order chi connectivity index (χ0) is 11.8. The highest BCUT2D eigenvalue weighted by molar-refractivity contribution is 5.81. The molecule has 0 bridgehead atoms. The van der Waals surface area contributed by atoms with E-state index < -0.39 is 0 Å². The van der Waals surface area contributed by atoms with Gasteiger partial charge in [-0.1, -0.05) is 19.8 Å². The molecule has 1 amide bonds. The Balaban J connectivity index is 2.49. The topological polar surface area (TPSA) is 52.6 Å². The minimum absolute atomic E-state index is 0.0272. The largest absolute Gasteiger partial charge is 0.395 e. The highest BCUT2D eigenvalue weighted by atomic mass is 16.3. The van der Waals surface area contributed by atoms with Crippen LogP contribution in [0.15, 0.2) is 0 Å². The van der Waals surface area contributed by atoms with Gasteiger partial charge in [0.15, 0.2) is 0 Å². The van der Waals surface area contributed by atoms with Crippen molar-refractivity contribution in [2.24, 2.45) is 0 Å². The number of hydrogen-bond donors (Lipinski definition) is 2. The predicted molar refractivity (Wildman–Crippen MR) is 64.2 cm³/mol. The predicted octanol–water partition coefficient (Wildman–Crippen LogP) is 0.749. The molecule has 16 heavy (non-hydrogen) atoms. The van der Waals surface area contributed by atoms with Gasteiger partial charge in [0.25, 0.3) is 0 Å². The number of nitrogens with one attached hydrogen (secondary N) is 1. The molecule has 0 saturated carbocycles. The number of nitrogens with zero attached hydrogens (tertiary/aromatic N) is 1. The Labute approximate surface area is 98.0 Å². The molecule has 0 aromatic heterocycles. The van der Waals surface area contributed by atoms with Crippen LogP contribution in [0.5, 0.6) is 0 Å². The number of carbonyl (C=O) groups is 1. The molecule has 0 aliphatic carbocycles. The van der Waals surface area contributed by atoms with Gasteiger partial charge in [0, 0.05) is 13.1 Å². The summed E-state index contributed by atoms with van der Waals surface area (Å²) in [5.41, 5.74) is 0. The van der Waals surface area contributed by atoms with E-state index >= 15 is 0 Å². The maximum Gasteiger partial charge on any atom is 0.239 e. The summed E-state index contributed by atoms with van der Waals surface area (Å²) in [4.78, 5) is 14.0. The van der Waals surface area contributed by atoms with Crippen molar-refractivity contribution in [1.29, 1.82) is 0 Å². The van der Waals surface area contributed by atoms with Crippen LogP contribution >= 0.6 is 0 Å². The van der Waals surface area contributed by atoms with E-state index in [0.717, 1.165) is 38.8 Å². The Bertz CT molecular complexity index is 191. The fraction of sp³-hybridized carbons (Fsp3) is 0.917. The lowest BCUT2D eigenvalue weighted by Gasteiger charge is -2.26. The molecule has 1 unspecified atom stereocenters. The van der Waals surface area contributed by atoms with Crippen LogP contribution in [0.1, 0.15) is 39.0 Å². The molecule has 0 aromatic carbocycles. The van der Waals surface area contributed by atoms with Gasteiger partial charge in [0.2, 0.25) is 5.91 Å². The zero-order valence-corrected chi connectivity index (χ0v) is 10.2. The fourth-order valence-electron chi connectivity index (χ4n) is 2.18. The van der Waals surface area contributed by atoms with Gasteiger partial charge in [0.1, 0.15) is 0 Å². The van der Waals surface area contributed by atoms with Crippen LogP contribution in [0.3, 0.4) is 0 Å². The lowest BCUT2D eigenvalue weighted by molar-refractivity contribution is -0.134. The third-order valence-corrected chi connectivity index (χ3v) is 3.03. The minimum atomic E-state index is -0.0272. The average Bonchev–Trinajstić information content (AvgIpc) is 2.56. The molecule has 1 rings (SSSR count). The van der Waals surface area contributed by atoms with Crippen LogP contribution < -0.4 is 5.32 Å². The van der Waals surface area contributed by atoms with Gasteiger partial charge in [-0.3, -0.25) is 4.79 Å². The fourth-order valence-corrected chi connectivity index (χ4v) is 2.18. The number of rotatable bonds is 5. The lowest BCUT2D eigenvalue weighted by atomic mass is 10.1. The van der Waals surface area contributed by atoms with E-state index in [1.165, 1.54) is 6.42 Å². The normalized spacial score (nSPS) is 21.5. The van der Waals surface area contributed by atoms with Crippen LogP contribution in [-0.4, -0.2) is 48.2 Å². The molecule has 1 saturated heterocycles. The molecular formula is C12H24N2O2. The van der Waals surface area contributed by atoms with Crippen LogP contribution in [0, 0.1) is 0 Å². The highest BCUT2D eigenvalue weighted by Gasteiger charge is 2.23. The van der Waals surface area contributed by atoms with Gasteiger partial charge in [0.05, 0.1) is 12.6 Å². The summed E-state index contributed by atoms with van der Waals surface area (Å²) >= 11 is 0. The highest BCUT2D eigenvalue weighted by Crippen LogP contribution is 2.11. The molecule has 1 aliphatic rings. The molecule has 4 heteroatoms. The molecule has 1 atom stereocenters. The van der Waals surface area contributed by atoms with Gasteiger partial charge in [-0.05, 0) is 25.8 Å². The molecule has 1 heterocycles. The van der Waals surface area contributed by atoms with Gasteiger partial charge < -0.3 is 15.3 Å². The van der Waals surface area contributed by atoms with E-state index in [0.29, 0.717) is 6.54 Å². The maximum absolute atomic E-state index is 12.2. The standard InChI is InChI=1S/C12H24N2O2/c1-2-8-14(9-10-15)12(16)11-6-4-3-5-7-13-11/h11,13,15H,2-10H2,1H3. The second kappa shape index (κ2) is 7.63. The first-order chi connectivity index (χ1) is 7.79. The first-order valence-electron chi connectivity index (χ1n) is 6.42. The third kappa shape index (κ3) is 4.10. The maximum atomic E-state index is 12.2. The molecule has 1 fully saturated rings. The summed E-state index contributed by atoms with van der Waals surface area (Å²) in [6.07, 6.45) is 5.38. The Morgan fingerprint density at radius 2 is 2.19 bits per heavy atom. The summed E-state index contributed by atoms with van der Waals surface area (Å²) < 4.78 is 0. The smallest absolute Gasteiger partial charge is 0.239 e. The van der Waals surface area contributed by atoms with Crippen LogP contribution in [-0.2, 0) is 4.79 Å². The van der Waals surface area contributed by atoms with Crippen molar-refractivity contribution in [1.82, 2.24) is 10.2 Å². The molecule has 0 aromatic rings. The molecular weight excluding hydrogens is 204 g/mol. The summed E-state index contributed by atoms with van der Waals surface area (Å²) in [6, 6.07) is -0.0272. The molecule has 4 nitrogen and oxygen atoms in total. The summed E-state index contributed by atoms with van der Waals surface area (Å²) in [6.45, 7) is 4.26. The third-order valence-electron chi connectivity index (χ3n) is 3.03. The molecule has 94 valence electrons. The monoisotopic (exact) mass is 228 g/mol. The number of aliphatic hydroxyl groups is 1. The first kappa shape index (κ1) is 13.5. The van der Waals surface area contributed by atoms with Gasteiger partial charge in [-0.2, -0.15) is 0 Å². The summed E-state index contributed by atoms with van der Waals surface area (Å²) in [5.74, 6) is 0.165. The van der Waals surface area contributed by atoms with Crippen molar-refractivity contribution in [2.75, 3.05) is 26.2 Å². The van der Waals surface area contributed by atoms with Crippen LogP contribution in [0.25, 0.3) is 0 Å². The van der Waals surface area contributed by atoms with Crippen LogP contribution in [0.2, 0.25) is 0 Å². The number of amides is 1. The van der Waals surface area contributed by atoms with Gasteiger partial charge in [-0.15, -0.1) is 0 Å². The SMILES string of the molecule is CCCN(CCO)C(=O)C1CCCCCN1. The van der Waals surface area contributed by atoms with Crippen molar-refractivity contribution in [3.8, 4) is 0 Å². The molecule has 0 radical (unpaired) electrons. The summed E-state index contributed by atoms with van der Waals surface area (Å²) in [5, 5.41) is 12.3. The van der Waals surface area contributed by atoms with Crippen molar-refractivity contribution in [3.05, 3.63) is 0 Å². The van der Waals surface area contributed by atoms with Gasteiger partial charge >= 0.3 is 0 Å². The minimum Gasteiger partial charge on any atom is -0.395 e. The van der Waals surface area contributed by atoms with Crippen molar-refractivity contribution in [2.45, 2.75) is 45.1 Å². The quantitative estimate of drug-likeness (QED) is 0.730. The Morgan fingerprint density at radius 3 is 2.88 bits per heavy atom. The summed E-state index contributed by atoms with van der Waals surface area (Å²) in [7, 11) is 0. The Kier molecular flexibility index (Phi) is 6.42. The van der Waals surface area contributed by atoms with Crippen molar-refractivity contribution < 1.29 is 9.90 Å². The molecule has 0 spiro atoms. The number of hydrogen-bond acceptors (Lipinski definition) is 3. The van der Waals surface area contributed by atoms with E-state index in [2.05, 4.69) is 12.2 Å². The average molecular weight is 228 g/mol. The van der Waals surface area contributed by atoms with Crippen LogP contribution in [0.4, 0.5) is 0 Å². The van der Waals surface area contributed by atoms with E-state index in [9.17, 15) is 4.79 Å². The lowest BCUT2D eigenvalue weighted by Crippen LogP contribution is -2.47. The Hall–Kier alpha value is -0.610. The number of aliphatic hydroxyl groups excluding tert-OH is 1. The van der Waals surface area contributed by atoms with Crippen molar-refractivity contribution in [3.63, 3.8) is 0 Å². The van der Waals surface area contributed by atoms with E-state index in [-0.39, 0.29) is 18.6 Å². The molecule has 2 N–H and O–H groups in total. The van der Waals surface area contributed by atoms with Crippen molar-refractivity contribution >= 4 is 5.91 Å². The zero-order valence-electron chi connectivity index (χ0n) is 10.2. The molecule has 1 aliphatic heterocycles. The number of carbonyl (C=O) groups excluding carboxylic acids is 1.